The Morgan fingerprint density at radius 2 is 2.09 bits per heavy atom. The molecule has 34 heavy (non-hydrogen) atoms. The van der Waals surface area contributed by atoms with Crippen LogP contribution >= 0.6 is 22.9 Å². The zero-order chi connectivity index (χ0) is 23.4. The summed E-state index contributed by atoms with van der Waals surface area (Å²) in [7, 11) is 0. The van der Waals surface area contributed by atoms with E-state index in [0.29, 0.717) is 40.3 Å². The molecule has 11 heteroatoms. The topological polar surface area (TPSA) is 94.6 Å². The van der Waals surface area contributed by atoms with Gasteiger partial charge < -0.3 is 29.4 Å². The van der Waals surface area contributed by atoms with E-state index in [-0.39, 0.29) is 25.7 Å². The number of cyclic esters (lactones) is 1. The van der Waals surface area contributed by atoms with Crippen molar-refractivity contribution in [2.75, 3.05) is 47.8 Å². The smallest absolute Gasteiger partial charge is 0.415 e. The third kappa shape index (κ3) is 3.54. The molecule has 9 nitrogen and oxygen atoms in total. The monoisotopic (exact) mass is 500 g/mol. The fourth-order valence-electron chi connectivity index (χ4n) is 4.53. The number of rotatable bonds is 4. The summed E-state index contributed by atoms with van der Waals surface area (Å²) in [5, 5.41) is 15.8. The van der Waals surface area contributed by atoms with E-state index in [4.69, 9.17) is 25.8 Å². The fraction of sp³-hybridized carbons (Fsp3) is 0.304. The lowest BCUT2D eigenvalue weighted by molar-refractivity contribution is -0.125. The highest BCUT2D eigenvalue weighted by atomic mass is 35.5. The highest BCUT2D eigenvalue weighted by Gasteiger charge is 2.46. The van der Waals surface area contributed by atoms with Crippen molar-refractivity contribution in [2.45, 2.75) is 12.1 Å². The van der Waals surface area contributed by atoms with Crippen molar-refractivity contribution < 1.29 is 23.8 Å². The third-order valence-electron chi connectivity index (χ3n) is 6.19. The van der Waals surface area contributed by atoms with Gasteiger partial charge in [-0.2, -0.15) is 0 Å². The van der Waals surface area contributed by atoms with Crippen LogP contribution in [-0.4, -0.2) is 57.1 Å². The first kappa shape index (κ1) is 21.5. The lowest BCUT2D eigenvalue weighted by atomic mass is 10.1. The molecule has 2 fully saturated rings. The zero-order valence-electron chi connectivity index (χ0n) is 17.8. The van der Waals surface area contributed by atoms with Crippen molar-refractivity contribution in [3.8, 4) is 5.75 Å². The van der Waals surface area contributed by atoms with Crippen LogP contribution in [0.4, 0.5) is 21.2 Å². The Labute approximate surface area is 203 Å². The first-order chi connectivity index (χ1) is 16.5. The normalized spacial score (nSPS) is 21.8. The molecule has 0 bridgehead atoms. The number of halogens is 1. The van der Waals surface area contributed by atoms with Gasteiger partial charge >= 0.3 is 6.09 Å². The lowest BCUT2D eigenvalue weighted by Gasteiger charge is -2.36. The summed E-state index contributed by atoms with van der Waals surface area (Å²) >= 11 is 7.55. The molecule has 0 N–H and O–H groups in total. The van der Waals surface area contributed by atoms with E-state index in [2.05, 4.69) is 0 Å². The Kier molecular flexibility index (Phi) is 5.25. The van der Waals surface area contributed by atoms with E-state index >= 15 is 0 Å². The molecule has 0 unspecified atom stereocenters. The van der Waals surface area contributed by atoms with Crippen LogP contribution < -0.4 is 19.6 Å². The predicted octanol–water partition coefficient (Wildman–Crippen LogP) is 4.01. The number of fused-ring (bicyclic) bond motifs is 4. The fourth-order valence-corrected chi connectivity index (χ4v) is 5.81. The van der Waals surface area contributed by atoms with Gasteiger partial charge in [-0.3, -0.25) is 9.69 Å². The van der Waals surface area contributed by atoms with Crippen LogP contribution in [0.5, 0.6) is 5.75 Å². The molecule has 2 saturated heterocycles. The van der Waals surface area contributed by atoms with Gasteiger partial charge in [0.05, 0.1) is 27.0 Å². The van der Waals surface area contributed by atoms with Crippen LogP contribution in [0, 0.1) is 5.21 Å². The van der Waals surface area contributed by atoms with Crippen LogP contribution in [0.2, 0.25) is 5.02 Å². The van der Waals surface area contributed by atoms with Crippen molar-refractivity contribution in [3.63, 3.8) is 0 Å². The lowest BCUT2D eigenvalue weighted by Crippen LogP contribution is -2.47. The third-order valence-corrected chi connectivity index (χ3v) is 7.81. The van der Waals surface area contributed by atoms with Crippen molar-refractivity contribution >= 4 is 61.4 Å². The maximum absolute atomic E-state index is 12.9. The number of carbonyl (C=O) groups excluding carboxylic acids is 2. The number of amides is 2. The number of nitrogens with zero attached hydrogens (tertiary/aromatic N) is 3. The molecule has 4 heterocycles. The van der Waals surface area contributed by atoms with E-state index in [1.165, 1.54) is 16.2 Å². The summed E-state index contributed by atoms with van der Waals surface area (Å²) in [5.41, 5.74) is 1.24. The summed E-state index contributed by atoms with van der Waals surface area (Å²) in [6.07, 6.45) is -1.19. The second kappa shape index (κ2) is 8.31. The molecule has 1 aromatic heterocycles. The van der Waals surface area contributed by atoms with Gasteiger partial charge in [0, 0.05) is 24.8 Å². The summed E-state index contributed by atoms with van der Waals surface area (Å²) in [6, 6.07) is 12.1. The molecule has 2 amide bonds. The predicted molar refractivity (Wildman–Crippen MR) is 129 cm³/mol. The average molecular weight is 501 g/mol. The number of hydroxylamine groups is 1. The summed E-state index contributed by atoms with van der Waals surface area (Å²) in [4.78, 5) is 28.1. The van der Waals surface area contributed by atoms with Gasteiger partial charge in [0.2, 0.25) is 0 Å². The van der Waals surface area contributed by atoms with E-state index in [9.17, 15) is 14.8 Å². The Morgan fingerprint density at radius 1 is 1.21 bits per heavy atom. The molecule has 6 rings (SSSR count). The number of morpholine rings is 1. The van der Waals surface area contributed by atoms with E-state index in [1.54, 1.807) is 35.2 Å². The molecule has 0 saturated carbocycles. The minimum absolute atomic E-state index is 0.0313. The molecular formula is C23H19ClN3O6S-. The average Bonchev–Trinajstić information content (AvgIpc) is 3.41. The second-order valence-corrected chi connectivity index (χ2v) is 9.66. The highest BCUT2D eigenvalue weighted by molar-refractivity contribution is 7.23. The molecule has 3 aliphatic heterocycles. The first-order valence-electron chi connectivity index (χ1n) is 10.8. The van der Waals surface area contributed by atoms with Gasteiger partial charge in [-0.1, -0.05) is 23.7 Å². The summed E-state index contributed by atoms with van der Waals surface area (Å²) in [6.45, 7) is 1.10. The molecule has 3 aromatic rings. The Hall–Kier alpha value is -3.05. The Balaban J connectivity index is 1.22. The zero-order valence-corrected chi connectivity index (χ0v) is 19.4. The molecule has 2 aromatic carbocycles. The second-order valence-electron chi connectivity index (χ2n) is 8.22. The SMILES string of the molecule is O=C1COCCN1c1ccc2c(c1)OC[C@H]1[C@H](CN([O-])c3cc4cccc(Cl)c4s3)OC(=O)N21. The number of thiophene rings is 1. The Bertz CT molecular complexity index is 1300. The van der Waals surface area contributed by atoms with Crippen molar-refractivity contribution in [2.24, 2.45) is 0 Å². The Morgan fingerprint density at radius 3 is 2.91 bits per heavy atom. The number of anilines is 3. The molecule has 2 atom stereocenters. The van der Waals surface area contributed by atoms with Gasteiger partial charge in [-0.05, 0) is 29.7 Å². The van der Waals surface area contributed by atoms with Crippen LogP contribution in [-0.2, 0) is 14.3 Å². The molecule has 3 aliphatic rings. The van der Waals surface area contributed by atoms with Crippen LogP contribution in [0.3, 0.4) is 0 Å². The quantitative estimate of drug-likeness (QED) is 0.499. The van der Waals surface area contributed by atoms with Crippen LogP contribution in [0.1, 0.15) is 0 Å². The summed E-state index contributed by atoms with van der Waals surface area (Å²) in [5.74, 6) is 0.363. The van der Waals surface area contributed by atoms with Crippen molar-refractivity contribution in [3.05, 3.63) is 52.7 Å². The minimum Gasteiger partial charge on any atom is -0.758 e. The number of carbonyl (C=O) groups is 2. The molecule has 0 aliphatic carbocycles. The van der Waals surface area contributed by atoms with Gasteiger partial charge in [-0.25, -0.2) is 4.79 Å². The minimum atomic E-state index is -0.667. The van der Waals surface area contributed by atoms with E-state index < -0.39 is 18.2 Å². The van der Waals surface area contributed by atoms with Crippen molar-refractivity contribution in [1.82, 2.24) is 0 Å². The van der Waals surface area contributed by atoms with Crippen molar-refractivity contribution in [1.29, 1.82) is 0 Å². The number of benzene rings is 2. The number of hydrogen-bond donors (Lipinski definition) is 0. The highest BCUT2D eigenvalue weighted by Crippen LogP contribution is 2.42. The largest absolute Gasteiger partial charge is 0.758 e. The van der Waals surface area contributed by atoms with Gasteiger partial charge in [0.25, 0.3) is 5.91 Å². The number of hydrogen-bond acceptors (Lipinski definition) is 8. The van der Waals surface area contributed by atoms with Gasteiger partial charge in [0.1, 0.15) is 31.1 Å². The maximum Gasteiger partial charge on any atom is 0.415 e. The summed E-state index contributed by atoms with van der Waals surface area (Å²) < 4.78 is 17.6. The van der Waals surface area contributed by atoms with E-state index in [0.717, 1.165) is 15.1 Å². The maximum atomic E-state index is 12.9. The molecule has 0 radical (unpaired) electrons. The van der Waals surface area contributed by atoms with Crippen LogP contribution in [0.15, 0.2) is 42.5 Å². The van der Waals surface area contributed by atoms with E-state index in [1.807, 2.05) is 12.1 Å². The number of ether oxygens (including phenoxy) is 3. The molecule has 0 spiro atoms. The van der Waals surface area contributed by atoms with Gasteiger partial charge in [-0.15, -0.1) is 11.3 Å². The molecular weight excluding hydrogens is 482 g/mol. The standard InChI is InChI=1S/C23H19ClN3O6S/c24-15-3-1-2-13-8-21(34-22(13)15)26(30)10-19-17-11-32-18-9-14(25-6-7-31-12-20(25)28)4-5-16(18)27(17)23(29)33-19/h1-5,8-9,17,19H,6-7,10-12H2/q-1/t17-,19-/m0/s1. The van der Waals surface area contributed by atoms with Crippen LogP contribution in [0.25, 0.3) is 10.1 Å². The van der Waals surface area contributed by atoms with Gasteiger partial charge in [0.15, 0.2) is 0 Å². The molecule has 176 valence electrons. The first-order valence-corrected chi connectivity index (χ1v) is 12.0.